The van der Waals surface area contributed by atoms with E-state index < -0.39 is 0 Å². The SMILES string of the molecule is Cc1ccc(N2CCN(c3nccc(C=C4SC(=O)NC4=O)n3)CC2)cc1. The van der Waals surface area contributed by atoms with Gasteiger partial charge in [-0.15, -0.1) is 0 Å². The van der Waals surface area contributed by atoms with Crippen LogP contribution in [-0.4, -0.2) is 47.3 Å². The van der Waals surface area contributed by atoms with Crippen molar-refractivity contribution in [1.29, 1.82) is 0 Å². The summed E-state index contributed by atoms with van der Waals surface area (Å²) in [4.78, 5) is 36.7. The lowest BCUT2D eigenvalue weighted by atomic mass is 10.2. The van der Waals surface area contributed by atoms with Crippen LogP contribution in [0.25, 0.3) is 6.08 Å². The van der Waals surface area contributed by atoms with Crippen molar-refractivity contribution < 1.29 is 9.59 Å². The molecule has 0 atom stereocenters. The smallest absolute Gasteiger partial charge is 0.290 e. The number of hydrogen-bond donors (Lipinski definition) is 1. The first-order valence-corrected chi connectivity index (χ1v) is 9.54. The van der Waals surface area contributed by atoms with Gasteiger partial charge in [0, 0.05) is 38.1 Å². The lowest BCUT2D eigenvalue weighted by Crippen LogP contribution is -2.47. The Kier molecular flexibility index (Phi) is 4.81. The number of rotatable bonds is 3. The molecule has 7 nitrogen and oxygen atoms in total. The molecule has 3 heterocycles. The van der Waals surface area contributed by atoms with Crippen molar-refractivity contribution in [2.75, 3.05) is 36.0 Å². The van der Waals surface area contributed by atoms with Crippen molar-refractivity contribution in [1.82, 2.24) is 15.3 Å². The maximum Gasteiger partial charge on any atom is 0.290 e. The van der Waals surface area contributed by atoms with E-state index in [9.17, 15) is 9.59 Å². The third-order valence-electron chi connectivity index (χ3n) is 4.55. The summed E-state index contributed by atoms with van der Waals surface area (Å²) < 4.78 is 0. The highest BCUT2D eigenvalue weighted by atomic mass is 32.2. The van der Waals surface area contributed by atoms with Crippen molar-refractivity contribution in [2.45, 2.75) is 6.92 Å². The lowest BCUT2D eigenvalue weighted by molar-refractivity contribution is -0.115. The fourth-order valence-corrected chi connectivity index (χ4v) is 3.74. The molecule has 27 heavy (non-hydrogen) atoms. The molecule has 2 aromatic rings. The quantitative estimate of drug-likeness (QED) is 0.818. The first kappa shape index (κ1) is 17.5. The fraction of sp³-hybridized carbons (Fsp3) is 0.263. The third-order valence-corrected chi connectivity index (χ3v) is 5.36. The van der Waals surface area contributed by atoms with Gasteiger partial charge in [-0.3, -0.25) is 14.9 Å². The van der Waals surface area contributed by atoms with E-state index in [0.717, 1.165) is 37.9 Å². The van der Waals surface area contributed by atoms with Crippen LogP contribution in [0.1, 0.15) is 11.3 Å². The van der Waals surface area contributed by atoms with Gasteiger partial charge in [-0.2, -0.15) is 0 Å². The van der Waals surface area contributed by atoms with Gasteiger partial charge in [0.05, 0.1) is 10.6 Å². The van der Waals surface area contributed by atoms with Gasteiger partial charge in [0.15, 0.2) is 0 Å². The average Bonchev–Trinajstić information content (AvgIpc) is 3.00. The number of imide groups is 1. The van der Waals surface area contributed by atoms with E-state index in [1.54, 1.807) is 18.3 Å². The minimum atomic E-state index is -0.378. The Balaban J connectivity index is 1.44. The molecule has 2 aliphatic heterocycles. The Morgan fingerprint density at radius 2 is 1.74 bits per heavy atom. The number of amides is 2. The minimum absolute atomic E-state index is 0.354. The molecule has 2 amide bonds. The van der Waals surface area contributed by atoms with Gasteiger partial charge < -0.3 is 9.80 Å². The fourth-order valence-electron chi connectivity index (χ4n) is 3.07. The molecular weight excluding hydrogens is 362 g/mol. The topological polar surface area (TPSA) is 78.4 Å². The Morgan fingerprint density at radius 1 is 1.04 bits per heavy atom. The monoisotopic (exact) mass is 381 g/mol. The molecule has 2 saturated heterocycles. The summed E-state index contributed by atoms with van der Waals surface area (Å²) in [6, 6.07) is 10.3. The number of benzene rings is 1. The van der Waals surface area contributed by atoms with E-state index in [2.05, 4.69) is 56.3 Å². The number of aromatic nitrogens is 2. The molecular formula is C19H19N5O2S. The van der Waals surface area contributed by atoms with Gasteiger partial charge in [0.25, 0.3) is 11.1 Å². The number of nitrogens with zero attached hydrogens (tertiary/aromatic N) is 4. The minimum Gasteiger partial charge on any atom is -0.368 e. The van der Waals surface area contributed by atoms with Crippen LogP contribution in [0, 0.1) is 6.92 Å². The highest BCUT2D eigenvalue weighted by Gasteiger charge is 2.25. The number of nitrogens with one attached hydrogen (secondary N) is 1. The first-order valence-electron chi connectivity index (χ1n) is 8.73. The average molecular weight is 381 g/mol. The van der Waals surface area contributed by atoms with E-state index >= 15 is 0 Å². The van der Waals surface area contributed by atoms with Gasteiger partial charge in [-0.05, 0) is 43.0 Å². The zero-order valence-electron chi connectivity index (χ0n) is 14.9. The molecule has 4 rings (SSSR count). The van der Waals surface area contributed by atoms with Gasteiger partial charge >= 0.3 is 0 Å². The number of anilines is 2. The largest absolute Gasteiger partial charge is 0.368 e. The number of hydrogen-bond acceptors (Lipinski definition) is 7. The van der Waals surface area contributed by atoms with Crippen molar-refractivity contribution in [3.05, 3.63) is 52.7 Å². The summed E-state index contributed by atoms with van der Waals surface area (Å²) in [6.07, 6.45) is 3.30. The molecule has 1 aromatic carbocycles. The van der Waals surface area contributed by atoms with Crippen LogP contribution in [0.15, 0.2) is 41.4 Å². The number of carbonyl (C=O) groups is 2. The van der Waals surface area contributed by atoms with E-state index in [1.807, 2.05) is 0 Å². The maximum absolute atomic E-state index is 11.7. The molecule has 8 heteroatoms. The Labute approximate surface area is 161 Å². The molecule has 1 N–H and O–H groups in total. The van der Waals surface area contributed by atoms with Gasteiger partial charge in [-0.25, -0.2) is 9.97 Å². The van der Waals surface area contributed by atoms with Crippen LogP contribution in [0.5, 0.6) is 0 Å². The van der Waals surface area contributed by atoms with Crippen LogP contribution in [0.3, 0.4) is 0 Å². The number of thioether (sulfide) groups is 1. The molecule has 0 bridgehead atoms. The summed E-state index contributed by atoms with van der Waals surface area (Å²) in [5, 5.41) is 1.89. The summed E-state index contributed by atoms with van der Waals surface area (Å²) in [5.74, 6) is 0.263. The lowest BCUT2D eigenvalue weighted by Gasteiger charge is -2.36. The summed E-state index contributed by atoms with van der Waals surface area (Å²) in [5.41, 5.74) is 3.11. The predicted molar refractivity (Wildman–Crippen MR) is 107 cm³/mol. The molecule has 2 aliphatic rings. The van der Waals surface area contributed by atoms with Gasteiger partial charge in [0.1, 0.15) is 0 Å². The van der Waals surface area contributed by atoms with E-state index in [-0.39, 0.29) is 11.1 Å². The van der Waals surface area contributed by atoms with Gasteiger partial charge in [-0.1, -0.05) is 17.7 Å². The van der Waals surface area contributed by atoms with Crippen LogP contribution in [0.4, 0.5) is 16.4 Å². The summed E-state index contributed by atoms with van der Waals surface area (Å²) in [7, 11) is 0. The van der Waals surface area contributed by atoms with Crippen LogP contribution in [0.2, 0.25) is 0 Å². The second-order valence-corrected chi connectivity index (χ2v) is 7.46. The molecule has 1 aromatic heterocycles. The third kappa shape index (κ3) is 3.95. The molecule has 0 aliphatic carbocycles. The number of piperazine rings is 1. The molecule has 138 valence electrons. The van der Waals surface area contributed by atoms with E-state index in [4.69, 9.17) is 0 Å². The van der Waals surface area contributed by atoms with Crippen molar-refractivity contribution in [3.63, 3.8) is 0 Å². The van der Waals surface area contributed by atoms with E-state index in [1.165, 1.54) is 11.3 Å². The highest BCUT2D eigenvalue weighted by molar-refractivity contribution is 8.18. The number of carbonyl (C=O) groups excluding carboxylic acids is 2. The first-order chi connectivity index (χ1) is 13.1. The predicted octanol–water partition coefficient (Wildman–Crippen LogP) is 2.44. The maximum atomic E-state index is 11.7. The van der Waals surface area contributed by atoms with Crippen LogP contribution < -0.4 is 15.1 Å². The van der Waals surface area contributed by atoms with Crippen LogP contribution >= 0.6 is 11.8 Å². The molecule has 0 unspecified atom stereocenters. The van der Waals surface area contributed by atoms with Crippen LogP contribution in [-0.2, 0) is 4.79 Å². The summed E-state index contributed by atoms with van der Waals surface area (Å²) in [6.45, 7) is 5.52. The Morgan fingerprint density at radius 3 is 2.41 bits per heavy atom. The molecule has 2 fully saturated rings. The zero-order valence-corrected chi connectivity index (χ0v) is 15.7. The summed E-state index contributed by atoms with van der Waals surface area (Å²) >= 11 is 0.890. The standard InChI is InChI=1S/C19H19N5O2S/c1-13-2-4-15(5-3-13)23-8-10-24(11-9-23)18-20-7-6-14(21-18)12-16-17(25)22-19(26)27-16/h2-7,12H,8-11H2,1H3,(H,22,25,26). The Hall–Kier alpha value is -2.87. The Bertz CT molecular complexity index is 905. The highest BCUT2D eigenvalue weighted by Crippen LogP contribution is 2.25. The second kappa shape index (κ2) is 7.40. The molecule has 0 spiro atoms. The second-order valence-electron chi connectivity index (χ2n) is 6.44. The van der Waals surface area contributed by atoms with Crippen molar-refractivity contribution in [2.24, 2.45) is 0 Å². The van der Waals surface area contributed by atoms with E-state index in [0.29, 0.717) is 16.5 Å². The van der Waals surface area contributed by atoms with Crippen molar-refractivity contribution in [3.8, 4) is 0 Å². The van der Waals surface area contributed by atoms with Crippen molar-refractivity contribution >= 4 is 40.6 Å². The zero-order chi connectivity index (χ0) is 18.8. The molecule has 0 radical (unpaired) electrons. The van der Waals surface area contributed by atoms with Gasteiger partial charge in [0.2, 0.25) is 5.95 Å². The molecule has 0 saturated carbocycles. The number of aryl methyl sites for hydroxylation is 1. The normalized spacial score (nSPS) is 18.9.